The Labute approximate surface area is 101 Å². The Bertz CT molecular complexity index is 462. The van der Waals surface area contributed by atoms with E-state index in [9.17, 15) is 0 Å². The van der Waals surface area contributed by atoms with Crippen molar-refractivity contribution >= 4 is 22.5 Å². The van der Waals surface area contributed by atoms with E-state index in [2.05, 4.69) is 35.0 Å². The van der Waals surface area contributed by atoms with Crippen LogP contribution in [0, 0.1) is 0 Å². The highest BCUT2D eigenvalue weighted by Gasteiger charge is 2.04. The van der Waals surface area contributed by atoms with Gasteiger partial charge in [-0.3, -0.25) is 0 Å². The van der Waals surface area contributed by atoms with Crippen molar-refractivity contribution in [1.82, 2.24) is 9.88 Å². The minimum absolute atomic E-state index is 0.839. The summed E-state index contributed by atoms with van der Waals surface area (Å²) < 4.78 is 2.21. The van der Waals surface area contributed by atoms with Gasteiger partial charge in [-0.2, -0.15) is 0 Å². The number of nitrogens with zero attached hydrogens (tertiary/aromatic N) is 1. The molecule has 0 unspecified atom stereocenters. The summed E-state index contributed by atoms with van der Waals surface area (Å²) in [6.07, 6.45) is 3.19. The van der Waals surface area contributed by atoms with Gasteiger partial charge in [0.2, 0.25) is 0 Å². The molecule has 2 nitrogen and oxygen atoms in total. The van der Waals surface area contributed by atoms with E-state index in [0.29, 0.717) is 0 Å². The van der Waals surface area contributed by atoms with Gasteiger partial charge in [-0.15, -0.1) is 0 Å². The second-order valence-electron chi connectivity index (χ2n) is 3.94. The summed E-state index contributed by atoms with van der Waals surface area (Å²) in [7, 11) is 0. The summed E-state index contributed by atoms with van der Waals surface area (Å²) in [6, 6.07) is 8.25. The first-order valence-corrected chi connectivity index (χ1v) is 6.15. The van der Waals surface area contributed by atoms with Gasteiger partial charge in [0.15, 0.2) is 0 Å². The SMILES string of the molecule is CCCNCCn1cc(Cl)c2ccccc21. The number of para-hydroxylation sites is 1. The van der Waals surface area contributed by atoms with Crippen LogP contribution in [0.3, 0.4) is 0 Å². The van der Waals surface area contributed by atoms with Crippen molar-refractivity contribution in [1.29, 1.82) is 0 Å². The van der Waals surface area contributed by atoms with E-state index < -0.39 is 0 Å². The van der Waals surface area contributed by atoms with Crippen molar-refractivity contribution in [2.24, 2.45) is 0 Å². The maximum atomic E-state index is 6.18. The van der Waals surface area contributed by atoms with Gasteiger partial charge in [-0.25, -0.2) is 0 Å². The Hall–Kier alpha value is -0.990. The number of rotatable bonds is 5. The second kappa shape index (κ2) is 5.37. The normalized spacial score (nSPS) is 11.1. The van der Waals surface area contributed by atoms with Crippen LogP contribution in [-0.2, 0) is 6.54 Å². The lowest BCUT2D eigenvalue weighted by Gasteiger charge is -2.05. The molecule has 0 aliphatic rings. The lowest BCUT2D eigenvalue weighted by atomic mass is 10.2. The van der Waals surface area contributed by atoms with E-state index in [1.165, 1.54) is 11.9 Å². The first-order valence-electron chi connectivity index (χ1n) is 5.77. The first-order chi connectivity index (χ1) is 7.83. The van der Waals surface area contributed by atoms with Gasteiger partial charge in [0.25, 0.3) is 0 Å². The zero-order chi connectivity index (χ0) is 11.4. The molecule has 0 aliphatic heterocycles. The predicted octanol–water partition coefficient (Wildman–Crippen LogP) is 3.29. The van der Waals surface area contributed by atoms with Gasteiger partial charge < -0.3 is 9.88 Å². The van der Waals surface area contributed by atoms with E-state index >= 15 is 0 Å². The molecule has 1 aromatic heterocycles. The predicted molar refractivity (Wildman–Crippen MR) is 70.1 cm³/mol. The van der Waals surface area contributed by atoms with Crippen LogP contribution in [0.15, 0.2) is 30.5 Å². The first kappa shape index (κ1) is 11.5. The van der Waals surface area contributed by atoms with Crippen LogP contribution in [0.2, 0.25) is 5.02 Å². The molecule has 0 atom stereocenters. The molecule has 1 aromatic carbocycles. The van der Waals surface area contributed by atoms with E-state index in [4.69, 9.17) is 11.6 Å². The number of aromatic nitrogens is 1. The molecule has 2 rings (SSSR count). The zero-order valence-electron chi connectivity index (χ0n) is 9.54. The van der Waals surface area contributed by atoms with Gasteiger partial charge >= 0.3 is 0 Å². The molecular weight excluding hydrogens is 220 g/mol. The Kier molecular flexibility index (Phi) is 3.86. The molecule has 2 aromatic rings. The van der Waals surface area contributed by atoms with Gasteiger partial charge in [0, 0.05) is 30.2 Å². The van der Waals surface area contributed by atoms with Crippen molar-refractivity contribution in [3.63, 3.8) is 0 Å². The Morgan fingerprint density at radius 1 is 1.25 bits per heavy atom. The van der Waals surface area contributed by atoms with Gasteiger partial charge in [0.1, 0.15) is 0 Å². The molecule has 0 bridgehead atoms. The fourth-order valence-electron chi connectivity index (χ4n) is 1.89. The molecule has 16 heavy (non-hydrogen) atoms. The summed E-state index contributed by atoms with van der Waals surface area (Å²) in [5.41, 5.74) is 1.21. The van der Waals surface area contributed by atoms with Crippen molar-refractivity contribution in [3.05, 3.63) is 35.5 Å². The van der Waals surface area contributed by atoms with Crippen molar-refractivity contribution in [2.75, 3.05) is 13.1 Å². The molecule has 0 fully saturated rings. The van der Waals surface area contributed by atoms with Gasteiger partial charge in [0.05, 0.1) is 5.02 Å². The lowest BCUT2D eigenvalue weighted by molar-refractivity contribution is 0.604. The van der Waals surface area contributed by atoms with Crippen LogP contribution in [0.1, 0.15) is 13.3 Å². The number of hydrogen-bond acceptors (Lipinski definition) is 1. The monoisotopic (exact) mass is 236 g/mol. The molecule has 1 heterocycles. The molecule has 0 amide bonds. The smallest absolute Gasteiger partial charge is 0.0661 e. The standard InChI is InChI=1S/C13H17ClN2/c1-2-7-15-8-9-16-10-12(14)11-5-3-4-6-13(11)16/h3-6,10,15H,2,7-9H2,1H3. The zero-order valence-corrected chi connectivity index (χ0v) is 10.3. The Balaban J connectivity index is 2.12. The van der Waals surface area contributed by atoms with Crippen molar-refractivity contribution < 1.29 is 0 Å². The molecule has 0 spiro atoms. The van der Waals surface area contributed by atoms with E-state index in [-0.39, 0.29) is 0 Å². The van der Waals surface area contributed by atoms with Crippen LogP contribution in [0.5, 0.6) is 0 Å². The number of fused-ring (bicyclic) bond motifs is 1. The quantitative estimate of drug-likeness (QED) is 0.789. The molecule has 0 aliphatic carbocycles. The van der Waals surface area contributed by atoms with E-state index in [0.717, 1.165) is 30.0 Å². The summed E-state index contributed by atoms with van der Waals surface area (Å²) in [5, 5.41) is 5.37. The van der Waals surface area contributed by atoms with Crippen LogP contribution >= 0.6 is 11.6 Å². The Morgan fingerprint density at radius 3 is 2.88 bits per heavy atom. The molecule has 1 N–H and O–H groups in total. The summed E-state index contributed by atoms with van der Waals surface area (Å²) in [4.78, 5) is 0. The summed E-state index contributed by atoms with van der Waals surface area (Å²) in [6.45, 7) is 5.21. The van der Waals surface area contributed by atoms with Gasteiger partial charge in [-0.1, -0.05) is 36.7 Å². The maximum Gasteiger partial charge on any atom is 0.0661 e. The highest BCUT2D eigenvalue weighted by molar-refractivity contribution is 6.35. The van der Waals surface area contributed by atoms with Crippen molar-refractivity contribution in [2.45, 2.75) is 19.9 Å². The fraction of sp³-hybridized carbons (Fsp3) is 0.385. The maximum absolute atomic E-state index is 6.18. The fourth-order valence-corrected chi connectivity index (χ4v) is 2.17. The van der Waals surface area contributed by atoms with Crippen LogP contribution in [-0.4, -0.2) is 17.7 Å². The van der Waals surface area contributed by atoms with Crippen molar-refractivity contribution in [3.8, 4) is 0 Å². The third kappa shape index (κ3) is 2.39. The number of halogens is 1. The third-order valence-corrected chi connectivity index (χ3v) is 3.00. The van der Waals surface area contributed by atoms with E-state index in [1.54, 1.807) is 0 Å². The summed E-state index contributed by atoms with van der Waals surface area (Å²) in [5.74, 6) is 0. The van der Waals surface area contributed by atoms with Crippen LogP contribution in [0.4, 0.5) is 0 Å². The average molecular weight is 237 g/mol. The summed E-state index contributed by atoms with van der Waals surface area (Å²) >= 11 is 6.18. The number of benzene rings is 1. The number of hydrogen-bond donors (Lipinski definition) is 1. The average Bonchev–Trinajstić information content (AvgIpc) is 2.63. The lowest BCUT2D eigenvalue weighted by Crippen LogP contribution is -2.20. The number of nitrogens with one attached hydrogen (secondary N) is 1. The highest BCUT2D eigenvalue weighted by Crippen LogP contribution is 2.24. The van der Waals surface area contributed by atoms with Crippen LogP contribution in [0.25, 0.3) is 10.9 Å². The molecule has 0 saturated heterocycles. The molecule has 0 radical (unpaired) electrons. The molecule has 86 valence electrons. The largest absolute Gasteiger partial charge is 0.345 e. The molecular formula is C13H17ClN2. The topological polar surface area (TPSA) is 17.0 Å². The van der Waals surface area contributed by atoms with E-state index in [1.807, 2.05) is 12.3 Å². The highest BCUT2D eigenvalue weighted by atomic mass is 35.5. The third-order valence-electron chi connectivity index (χ3n) is 2.70. The minimum atomic E-state index is 0.839. The van der Waals surface area contributed by atoms with Gasteiger partial charge in [-0.05, 0) is 19.0 Å². The minimum Gasteiger partial charge on any atom is -0.345 e. The Morgan fingerprint density at radius 2 is 2.06 bits per heavy atom. The molecule has 0 saturated carbocycles. The molecule has 3 heteroatoms. The second-order valence-corrected chi connectivity index (χ2v) is 4.34. The van der Waals surface area contributed by atoms with Crippen LogP contribution < -0.4 is 5.32 Å².